The van der Waals surface area contributed by atoms with Gasteiger partial charge in [0, 0.05) is 29.8 Å². The van der Waals surface area contributed by atoms with Crippen LogP contribution >= 0.6 is 0 Å². The molecule has 5 heteroatoms. The topological polar surface area (TPSA) is 67.2 Å². The van der Waals surface area contributed by atoms with Crippen molar-refractivity contribution in [3.63, 3.8) is 0 Å². The molecule has 2 aromatic carbocycles. The summed E-state index contributed by atoms with van der Waals surface area (Å²) in [6.07, 6.45) is 1.10. The van der Waals surface area contributed by atoms with Crippen LogP contribution in [0, 0.1) is 16.0 Å². The molecule has 4 rings (SSSR count). The van der Waals surface area contributed by atoms with E-state index >= 15 is 0 Å². The molecule has 5 nitrogen and oxygen atoms in total. The number of fused-ring (bicyclic) bond motifs is 3. The molecule has 0 saturated carbocycles. The molecule has 0 aliphatic carbocycles. The summed E-state index contributed by atoms with van der Waals surface area (Å²) in [5.74, 6) is 0.469. The highest BCUT2D eigenvalue weighted by molar-refractivity contribution is 5.58. The molecule has 22 heavy (non-hydrogen) atoms. The van der Waals surface area contributed by atoms with Crippen LogP contribution in [-0.4, -0.2) is 11.5 Å². The maximum absolute atomic E-state index is 10.8. The molecule has 0 unspecified atom stereocenters. The number of anilines is 1. The Hall–Kier alpha value is -2.40. The molecule has 2 heterocycles. The highest BCUT2D eigenvalue weighted by Crippen LogP contribution is 2.47. The predicted octanol–water partition coefficient (Wildman–Crippen LogP) is 3.41. The Kier molecular flexibility index (Phi) is 3.08. The minimum atomic E-state index is -0.354. The number of nitrogens with one attached hydrogen (secondary N) is 2. The van der Waals surface area contributed by atoms with Crippen molar-refractivity contribution in [1.82, 2.24) is 5.32 Å². The number of hydrogen-bond acceptors (Lipinski definition) is 4. The van der Waals surface area contributed by atoms with E-state index in [9.17, 15) is 10.1 Å². The third-order valence-electron chi connectivity index (χ3n) is 4.77. The van der Waals surface area contributed by atoms with Gasteiger partial charge in [0.1, 0.15) is 0 Å². The maximum atomic E-state index is 10.8. The van der Waals surface area contributed by atoms with E-state index in [1.165, 1.54) is 5.56 Å². The van der Waals surface area contributed by atoms with Crippen molar-refractivity contribution in [1.29, 1.82) is 0 Å². The number of rotatable bonds is 2. The molecule has 1 saturated heterocycles. The number of para-hydroxylation sites is 1. The average molecular weight is 295 g/mol. The van der Waals surface area contributed by atoms with E-state index in [1.807, 2.05) is 18.2 Å². The lowest BCUT2D eigenvalue weighted by molar-refractivity contribution is -0.384. The van der Waals surface area contributed by atoms with E-state index in [0.717, 1.165) is 24.2 Å². The van der Waals surface area contributed by atoms with E-state index in [0.29, 0.717) is 12.0 Å². The summed E-state index contributed by atoms with van der Waals surface area (Å²) in [6, 6.07) is 15.9. The van der Waals surface area contributed by atoms with Crippen molar-refractivity contribution < 1.29 is 4.92 Å². The van der Waals surface area contributed by atoms with Crippen molar-refractivity contribution >= 4 is 11.4 Å². The molecule has 0 spiro atoms. The SMILES string of the molecule is O=[N+]([O-])c1ccc([C@H]2Nc3ccccc3[C@H]3NCC[C@@H]23)cc1. The molecule has 2 N–H and O–H groups in total. The monoisotopic (exact) mass is 295 g/mol. The number of hydrogen-bond donors (Lipinski definition) is 2. The second-order valence-corrected chi connectivity index (χ2v) is 5.94. The largest absolute Gasteiger partial charge is 0.378 e. The summed E-state index contributed by atoms with van der Waals surface area (Å²) in [5.41, 5.74) is 3.73. The number of nitro groups is 1. The van der Waals surface area contributed by atoms with Crippen molar-refractivity contribution in [3.8, 4) is 0 Å². The molecule has 0 bridgehead atoms. The lowest BCUT2D eigenvalue weighted by atomic mass is 9.80. The Balaban J connectivity index is 1.71. The van der Waals surface area contributed by atoms with Crippen LogP contribution in [0.5, 0.6) is 0 Å². The van der Waals surface area contributed by atoms with Crippen molar-refractivity contribution in [2.75, 3.05) is 11.9 Å². The van der Waals surface area contributed by atoms with Crippen LogP contribution in [0.15, 0.2) is 48.5 Å². The quantitative estimate of drug-likeness (QED) is 0.658. The first-order valence-electron chi connectivity index (χ1n) is 7.57. The Labute approximate surface area is 128 Å². The lowest BCUT2D eigenvalue weighted by Crippen LogP contribution is -2.32. The maximum Gasteiger partial charge on any atom is 0.269 e. The fourth-order valence-electron chi connectivity index (χ4n) is 3.73. The van der Waals surface area contributed by atoms with Crippen LogP contribution < -0.4 is 10.6 Å². The average Bonchev–Trinajstić information content (AvgIpc) is 3.04. The van der Waals surface area contributed by atoms with Crippen molar-refractivity contribution in [2.45, 2.75) is 18.5 Å². The zero-order valence-electron chi connectivity index (χ0n) is 12.0. The molecule has 2 aromatic rings. The molecule has 1 fully saturated rings. The van der Waals surface area contributed by atoms with Gasteiger partial charge in [0.25, 0.3) is 5.69 Å². The third kappa shape index (κ3) is 2.05. The van der Waals surface area contributed by atoms with E-state index in [2.05, 4.69) is 28.8 Å². The molecular weight excluding hydrogens is 278 g/mol. The van der Waals surface area contributed by atoms with Crippen molar-refractivity contribution in [3.05, 3.63) is 69.8 Å². The van der Waals surface area contributed by atoms with Crippen LogP contribution in [-0.2, 0) is 0 Å². The third-order valence-corrected chi connectivity index (χ3v) is 4.77. The summed E-state index contributed by atoms with van der Waals surface area (Å²) in [7, 11) is 0. The first-order valence-corrected chi connectivity index (χ1v) is 7.57. The summed E-state index contributed by atoms with van der Waals surface area (Å²) < 4.78 is 0. The molecule has 112 valence electrons. The first kappa shape index (κ1) is 13.3. The van der Waals surface area contributed by atoms with Gasteiger partial charge in [-0.05, 0) is 30.2 Å². The molecule has 2 aliphatic rings. The van der Waals surface area contributed by atoms with Gasteiger partial charge in [0.2, 0.25) is 0 Å². The van der Waals surface area contributed by atoms with Crippen LogP contribution in [0.1, 0.15) is 29.6 Å². The van der Waals surface area contributed by atoms with Gasteiger partial charge >= 0.3 is 0 Å². The summed E-state index contributed by atoms with van der Waals surface area (Å²) >= 11 is 0. The van der Waals surface area contributed by atoms with Gasteiger partial charge < -0.3 is 10.6 Å². The fraction of sp³-hybridized carbons (Fsp3) is 0.294. The second kappa shape index (κ2) is 5.10. The second-order valence-electron chi connectivity index (χ2n) is 5.94. The van der Waals surface area contributed by atoms with Crippen LogP contribution in [0.25, 0.3) is 0 Å². The zero-order chi connectivity index (χ0) is 15.1. The van der Waals surface area contributed by atoms with Crippen LogP contribution in [0.4, 0.5) is 11.4 Å². The predicted molar refractivity (Wildman–Crippen MR) is 84.8 cm³/mol. The molecule has 2 aliphatic heterocycles. The number of benzene rings is 2. The molecule has 3 atom stereocenters. The number of nitrogens with zero attached hydrogens (tertiary/aromatic N) is 1. The van der Waals surface area contributed by atoms with Gasteiger partial charge in [-0.25, -0.2) is 0 Å². The number of nitro benzene ring substituents is 1. The highest BCUT2D eigenvalue weighted by Gasteiger charge is 2.39. The standard InChI is InChI=1S/C17H17N3O2/c21-20(22)12-7-5-11(6-8-12)16-14-9-10-18-17(14)13-3-1-2-4-15(13)19-16/h1-8,14,16-19H,9-10H2/t14-,16+,17+/m0/s1. The van der Waals surface area contributed by atoms with Crippen LogP contribution in [0.2, 0.25) is 0 Å². The minimum absolute atomic E-state index is 0.140. The smallest absolute Gasteiger partial charge is 0.269 e. The van der Waals surface area contributed by atoms with E-state index in [-0.39, 0.29) is 16.7 Å². The van der Waals surface area contributed by atoms with Gasteiger partial charge in [0.05, 0.1) is 11.0 Å². The van der Waals surface area contributed by atoms with E-state index in [1.54, 1.807) is 12.1 Å². The molecular formula is C17H17N3O2. The minimum Gasteiger partial charge on any atom is -0.378 e. The first-order chi connectivity index (χ1) is 10.7. The van der Waals surface area contributed by atoms with Gasteiger partial charge in [-0.2, -0.15) is 0 Å². The van der Waals surface area contributed by atoms with Gasteiger partial charge in [-0.15, -0.1) is 0 Å². The van der Waals surface area contributed by atoms with Crippen molar-refractivity contribution in [2.24, 2.45) is 5.92 Å². The molecule has 0 aromatic heterocycles. The molecule has 0 radical (unpaired) electrons. The zero-order valence-corrected chi connectivity index (χ0v) is 12.0. The summed E-state index contributed by atoms with van der Waals surface area (Å²) in [6.45, 7) is 1.01. The Morgan fingerprint density at radius 1 is 1.05 bits per heavy atom. The Morgan fingerprint density at radius 3 is 2.59 bits per heavy atom. The normalized spacial score (nSPS) is 25.9. The lowest BCUT2D eigenvalue weighted by Gasteiger charge is -2.37. The fourth-order valence-corrected chi connectivity index (χ4v) is 3.73. The summed E-state index contributed by atoms with van der Waals surface area (Å²) in [4.78, 5) is 10.5. The van der Waals surface area contributed by atoms with E-state index in [4.69, 9.17) is 0 Å². The highest BCUT2D eigenvalue weighted by atomic mass is 16.6. The summed E-state index contributed by atoms with van der Waals surface area (Å²) in [5, 5.41) is 18.0. The Bertz CT molecular complexity index is 714. The Morgan fingerprint density at radius 2 is 1.82 bits per heavy atom. The number of non-ortho nitro benzene ring substituents is 1. The van der Waals surface area contributed by atoms with Gasteiger partial charge in [-0.3, -0.25) is 10.1 Å². The van der Waals surface area contributed by atoms with Gasteiger partial charge in [-0.1, -0.05) is 30.3 Å². The van der Waals surface area contributed by atoms with Gasteiger partial charge in [0.15, 0.2) is 0 Å². The van der Waals surface area contributed by atoms with Crippen LogP contribution in [0.3, 0.4) is 0 Å². The van der Waals surface area contributed by atoms with E-state index < -0.39 is 0 Å². The molecule has 0 amide bonds.